The summed E-state index contributed by atoms with van der Waals surface area (Å²) >= 11 is 0. The lowest BCUT2D eigenvalue weighted by Crippen LogP contribution is -2.52. The molecule has 3 rings (SSSR count). The van der Waals surface area contributed by atoms with E-state index in [1.165, 1.54) is 51.1 Å². The number of likely N-dealkylation sites (tertiary alicyclic amines) is 1. The zero-order valence-electron chi connectivity index (χ0n) is 12.0. The smallest absolute Gasteiger partial charge is 0.0626 e. The van der Waals surface area contributed by atoms with E-state index in [2.05, 4.69) is 52.1 Å². The van der Waals surface area contributed by atoms with Gasteiger partial charge in [0.25, 0.3) is 0 Å². The van der Waals surface area contributed by atoms with Crippen molar-refractivity contribution in [3.05, 3.63) is 35.9 Å². The maximum atomic E-state index is 2.69. The van der Waals surface area contributed by atoms with Crippen molar-refractivity contribution in [3.63, 3.8) is 0 Å². The first kappa shape index (κ1) is 13.1. The van der Waals surface area contributed by atoms with Gasteiger partial charge in [-0.1, -0.05) is 30.3 Å². The van der Waals surface area contributed by atoms with Crippen LogP contribution in [-0.4, -0.2) is 60.6 Å². The van der Waals surface area contributed by atoms with Gasteiger partial charge in [0.1, 0.15) is 0 Å². The maximum absolute atomic E-state index is 2.69. The van der Waals surface area contributed by atoms with Gasteiger partial charge in [-0.2, -0.15) is 0 Å². The second-order valence-electron chi connectivity index (χ2n) is 5.92. The Balaban J connectivity index is 1.61. The van der Waals surface area contributed by atoms with Crippen molar-refractivity contribution < 1.29 is 0 Å². The molecule has 104 valence electrons. The quantitative estimate of drug-likeness (QED) is 0.820. The number of benzene rings is 1. The van der Waals surface area contributed by atoms with E-state index in [-0.39, 0.29) is 0 Å². The lowest BCUT2D eigenvalue weighted by atomic mass is 10.2. The molecular weight excluding hydrogens is 234 g/mol. The molecule has 1 atom stereocenters. The van der Waals surface area contributed by atoms with Gasteiger partial charge in [-0.05, 0) is 25.5 Å². The Morgan fingerprint density at radius 2 is 1.74 bits per heavy atom. The van der Waals surface area contributed by atoms with Crippen molar-refractivity contribution in [1.82, 2.24) is 14.7 Å². The van der Waals surface area contributed by atoms with E-state index in [1.54, 1.807) is 0 Å². The van der Waals surface area contributed by atoms with Crippen LogP contribution >= 0.6 is 0 Å². The molecule has 0 saturated carbocycles. The molecule has 0 aromatic heterocycles. The van der Waals surface area contributed by atoms with Gasteiger partial charge in [0, 0.05) is 39.3 Å². The van der Waals surface area contributed by atoms with E-state index in [0.717, 1.165) is 6.54 Å². The second kappa shape index (κ2) is 6.04. The summed E-state index contributed by atoms with van der Waals surface area (Å²) in [6, 6.07) is 10.9. The first-order valence-corrected chi connectivity index (χ1v) is 7.53. The summed E-state index contributed by atoms with van der Waals surface area (Å²) in [5.74, 6) is 0. The minimum Gasteiger partial charge on any atom is -0.304 e. The summed E-state index contributed by atoms with van der Waals surface area (Å²) in [4.78, 5) is 7.80. The Morgan fingerprint density at radius 1 is 1.00 bits per heavy atom. The molecule has 0 bridgehead atoms. The van der Waals surface area contributed by atoms with Crippen molar-refractivity contribution in [2.75, 3.05) is 39.8 Å². The van der Waals surface area contributed by atoms with Gasteiger partial charge in [-0.15, -0.1) is 0 Å². The minimum atomic E-state index is 0.675. The molecular formula is C16H25N3. The van der Waals surface area contributed by atoms with Crippen molar-refractivity contribution in [3.8, 4) is 0 Å². The summed E-state index contributed by atoms with van der Waals surface area (Å²) in [6.45, 7) is 7.26. The number of rotatable bonds is 3. The van der Waals surface area contributed by atoms with Crippen LogP contribution < -0.4 is 0 Å². The zero-order chi connectivity index (χ0) is 13.1. The normalized spacial score (nSPS) is 26.9. The van der Waals surface area contributed by atoms with E-state index in [1.807, 2.05) is 0 Å². The standard InChI is InChI=1S/C16H25N3/c1-17-10-12-18(13-11-17)16-8-5-9-19(16)14-15-6-3-2-4-7-15/h2-4,6-7,16H,5,8-14H2,1H3/t16-/m0/s1. The zero-order valence-corrected chi connectivity index (χ0v) is 12.0. The van der Waals surface area contributed by atoms with Crippen LogP contribution in [0, 0.1) is 0 Å². The average molecular weight is 259 g/mol. The van der Waals surface area contributed by atoms with Gasteiger partial charge in [-0.3, -0.25) is 9.80 Å². The SMILES string of the molecule is CN1CCN([C@@H]2CCCN2Cc2ccccc2)CC1. The van der Waals surface area contributed by atoms with E-state index in [0.29, 0.717) is 6.17 Å². The Labute approximate surface area is 116 Å². The number of hydrogen-bond donors (Lipinski definition) is 0. The first-order valence-electron chi connectivity index (χ1n) is 7.53. The number of nitrogens with zero attached hydrogens (tertiary/aromatic N) is 3. The molecule has 2 aliphatic heterocycles. The van der Waals surface area contributed by atoms with E-state index in [4.69, 9.17) is 0 Å². The molecule has 3 nitrogen and oxygen atoms in total. The third-order valence-electron chi connectivity index (χ3n) is 4.52. The van der Waals surface area contributed by atoms with Crippen molar-refractivity contribution >= 4 is 0 Å². The summed E-state index contributed by atoms with van der Waals surface area (Å²) in [7, 11) is 2.23. The minimum absolute atomic E-state index is 0.675. The molecule has 0 unspecified atom stereocenters. The monoisotopic (exact) mass is 259 g/mol. The average Bonchev–Trinajstić information content (AvgIpc) is 2.89. The lowest BCUT2D eigenvalue weighted by molar-refractivity contribution is 0.0331. The molecule has 0 radical (unpaired) electrons. The summed E-state index contributed by atoms with van der Waals surface area (Å²) in [5, 5.41) is 0. The van der Waals surface area contributed by atoms with Crippen LogP contribution in [0.15, 0.2) is 30.3 Å². The van der Waals surface area contributed by atoms with Crippen LogP contribution in [0.5, 0.6) is 0 Å². The highest BCUT2D eigenvalue weighted by atomic mass is 15.4. The van der Waals surface area contributed by atoms with Crippen molar-refractivity contribution in [2.24, 2.45) is 0 Å². The molecule has 0 aliphatic carbocycles. The molecule has 2 saturated heterocycles. The Kier molecular flexibility index (Phi) is 4.16. The summed E-state index contributed by atoms with van der Waals surface area (Å²) < 4.78 is 0. The predicted octanol–water partition coefficient (Wildman–Crippen LogP) is 1.86. The lowest BCUT2D eigenvalue weighted by Gasteiger charge is -2.40. The number of likely N-dealkylation sites (N-methyl/N-ethyl adjacent to an activating group) is 1. The van der Waals surface area contributed by atoms with Gasteiger partial charge >= 0.3 is 0 Å². The molecule has 0 amide bonds. The number of piperazine rings is 1. The summed E-state index contributed by atoms with van der Waals surface area (Å²) in [6.07, 6.45) is 3.37. The van der Waals surface area contributed by atoms with E-state index in [9.17, 15) is 0 Å². The third kappa shape index (κ3) is 3.16. The summed E-state index contributed by atoms with van der Waals surface area (Å²) in [5.41, 5.74) is 1.45. The van der Waals surface area contributed by atoms with E-state index < -0.39 is 0 Å². The predicted molar refractivity (Wildman–Crippen MR) is 78.9 cm³/mol. The molecule has 19 heavy (non-hydrogen) atoms. The maximum Gasteiger partial charge on any atom is 0.0626 e. The Bertz CT molecular complexity index is 384. The number of hydrogen-bond acceptors (Lipinski definition) is 3. The molecule has 1 aromatic carbocycles. The molecule has 2 fully saturated rings. The molecule has 0 N–H and O–H groups in total. The highest BCUT2D eigenvalue weighted by Gasteiger charge is 2.31. The van der Waals surface area contributed by atoms with Crippen LogP contribution in [0.2, 0.25) is 0 Å². The van der Waals surface area contributed by atoms with Gasteiger partial charge < -0.3 is 4.90 Å². The van der Waals surface area contributed by atoms with Crippen LogP contribution in [0.1, 0.15) is 18.4 Å². The Hall–Kier alpha value is -0.900. The van der Waals surface area contributed by atoms with Gasteiger partial charge in [0.2, 0.25) is 0 Å². The second-order valence-corrected chi connectivity index (χ2v) is 5.92. The fourth-order valence-corrected chi connectivity index (χ4v) is 3.34. The Morgan fingerprint density at radius 3 is 2.47 bits per heavy atom. The van der Waals surface area contributed by atoms with Crippen LogP contribution in [-0.2, 0) is 6.54 Å². The fourth-order valence-electron chi connectivity index (χ4n) is 3.34. The van der Waals surface area contributed by atoms with Crippen molar-refractivity contribution in [2.45, 2.75) is 25.6 Å². The molecule has 0 spiro atoms. The molecule has 3 heteroatoms. The fraction of sp³-hybridized carbons (Fsp3) is 0.625. The van der Waals surface area contributed by atoms with Crippen molar-refractivity contribution in [1.29, 1.82) is 0 Å². The molecule has 2 heterocycles. The van der Waals surface area contributed by atoms with Crippen LogP contribution in [0.25, 0.3) is 0 Å². The van der Waals surface area contributed by atoms with Gasteiger partial charge in [0.15, 0.2) is 0 Å². The van der Waals surface area contributed by atoms with E-state index >= 15 is 0 Å². The highest BCUT2D eigenvalue weighted by molar-refractivity contribution is 5.14. The van der Waals surface area contributed by atoms with Gasteiger partial charge in [0.05, 0.1) is 6.17 Å². The topological polar surface area (TPSA) is 9.72 Å². The highest BCUT2D eigenvalue weighted by Crippen LogP contribution is 2.23. The van der Waals surface area contributed by atoms with Crippen LogP contribution in [0.3, 0.4) is 0 Å². The van der Waals surface area contributed by atoms with Gasteiger partial charge in [-0.25, -0.2) is 0 Å². The largest absolute Gasteiger partial charge is 0.304 e. The first-order chi connectivity index (χ1) is 9.33. The molecule has 2 aliphatic rings. The third-order valence-corrected chi connectivity index (χ3v) is 4.52. The van der Waals surface area contributed by atoms with Crippen LogP contribution in [0.4, 0.5) is 0 Å². The molecule has 1 aromatic rings.